The number of carboxylic acids is 1. The van der Waals surface area contributed by atoms with Crippen LogP contribution in [-0.2, 0) is 23.8 Å². The summed E-state index contributed by atoms with van der Waals surface area (Å²) < 4.78 is 15.6. The van der Waals surface area contributed by atoms with Crippen molar-refractivity contribution in [1.82, 2.24) is 10.6 Å². The summed E-state index contributed by atoms with van der Waals surface area (Å²) in [6.07, 6.45) is -1.35. The molecular formula is C24H28N2O7. The predicted molar refractivity (Wildman–Crippen MR) is 120 cm³/mol. The van der Waals surface area contributed by atoms with Crippen molar-refractivity contribution in [3.05, 3.63) is 59.7 Å². The molecule has 33 heavy (non-hydrogen) atoms. The van der Waals surface area contributed by atoms with Gasteiger partial charge in [-0.3, -0.25) is 4.79 Å². The number of hydrogen-bond donors (Lipinski definition) is 3. The standard InChI is InChI=1S/C24H28N2O7/c1-15(31-2)22(23(29)25-11-12-32-14-21(27)28)26-24(30)33-13-20-18-9-5-3-7-16(18)17-8-4-6-10-19(17)20/h3-10,15,20,22H,11-14H2,1-2H3,(H,25,29)(H,26,30)(H,27,28)/t15-,22+/m1/s1. The molecule has 0 spiro atoms. The maximum atomic E-state index is 12.6. The van der Waals surface area contributed by atoms with Crippen LogP contribution >= 0.6 is 0 Å². The smallest absolute Gasteiger partial charge is 0.407 e. The first kappa shape index (κ1) is 24.2. The van der Waals surface area contributed by atoms with Crippen LogP contribution in [0, 0.1) is 0 Å². The minimum absolute atomic E-state index is 0.0249. The third-order valence-corrected chi connectivity index (χ3v) is 5.51. The van der Waals surface area contributed by atoms with Gasteiger partial charge in [-0.15, -0.1) is 0 Å². The number of fused-ring (bicyclic) bond motifs is 3. The molecule has 2 aromatic carbocycles. The molecule has 1 aliphatic carbocycles. The zero-order valence-electron chi connectivity index (χ0n) is 18.6. The highest BCUT2D eigenvalue weighted by Crippen LogP contribution is 2.44. The van der Waals surface area contributed by atoms with Crippen LogP contribution < -0.4 is 10.6 Å². The van der Waals surface area contributed by atoms with Crippen molar-refractivity contribution in [3.8, 4) is 11.1 Å². The van der Waals surface area contributed by atoms with Gasteiger partial charge in [0.2, 0.25) is 5.91 Å². The average molecular weight is 456 g/mol. The molecule has 0 bridgehead atoms. The Labute approximate surface area is 192 Å². The van der Waals surface area contributed by atoms with E-state index in [1.54, 1.807) is 6.92 Å². The fourth-order valence-electron chi connectivity index (χ4n) is 3.82. The first-order chi connectivity index (χ1) is 15.9. The molecule has 176 valence electrons. The Hall–Kier alpha value is -3.43. The number of ether oxygens (including phenoxy) is 3. The minimum atomic E-state index is -1.09. The Morgan fingerprint density at radius 2 is 1.64 bits per heavy atom. The second-order valence-corrected chi connectivity index (χ2v) is 7.63. The van der Waals surface area contributed by atoms with Crippen LogP contribution in [0.25, 0.3) is 11.1 Å². The van der Waals surface area contributed by atoms with E-state index in [0.29, 0.717) is 0 Å². The molecule has 9 nitrogen and oxygen atoms in total. The number of aliphatic carboxylic acids is 1. The van der Waals surface area contributed by atoms with Gasteiger partial charge in [-0.25, -0.2) is 9.59 Å². The van der Waals surface area contributed by atoms with Gasteiger partial charge in [-0.05, 0) is 29.2 Å². The molecule has 0 unspecified atom stereocenters. The largest absolute Gasteiger partial charge is 0.480 e. The van der Waals surface area contributed by atoms with Crippen molar-refractivity contribution in [2.45, 2.75) is 25.0 Å². The van der Waals surface area contributed by atoms with Crippen LogP contribution in [0.15, 0.2) is 48.5 Å². The van der Waals surface area contributed by atoms with Gasteiger partial charge < -0.3 is 30.0 Å². The van der Waals surface area contributed by atoms with E-state index in [2.05, 4.69) is 22.8 Å². The van der Waals surface area contributed by atoms with Crippen LogP contribution in [0.2, 0.25) is 0 Å². The van der Waals surface area contributed by atoms with E-state index in [1.165, 1.54) is 7.11 Å². The Balaban J connectivity index is 1.57. The predicted octanol–water partition coefficient (Wildman–Crippen LogP) is 2.15. The highest BCUT2D eigenvalue weighted by atomic mass is 16.5. The Morgan fingerprint density at radius 3 is 2.21 bits per heavy atom. The molecule has 0 radical (unpaired) electrons. The van der Waals surface area contributed by atoms with Gasteiger partial charge in [0, 0.05) is 19.6 Å². The molecule has 0 aliphatic heterocycles. The molecule has 2 aromatic rings. The lowest BCUT2D eigenvalue weighted by molar-refractivity contribution is -0.142. The van der Waals surface area contributed by atoms with E-state index >= 15 is 0 Å². The number of carboxylic acid groups (broad SMARTS) is 1. The zero-order valence-corrected chi connectivity index (χ0v) is 18.6. The summed E-state index contributed by atoms with van der Waals surface area (Å²) in [6.45, 7) is 1.43. The lowest BCUT2D eigenvalue weighted by Gasteiger charge is -2.23. The summed E-state index contributed by atoms with van der Waals surface area (Å²) >= 11 is 0. The number of hydrogen-bond acceptors (Lipinski definition) is 6. The number of carbonyl (C=O) groups excluding carboxylic acids is 2. The fourth-order valence-corrected chi connectivity index (χ4v) is 3.82. The molecule has 2 amide bonds. The second kappa shape index (κ2) is 11.4. The summed E-state index contributed by atoms with van der Waals surface area (Å²) in [4.78, 5) is 35.5. The summed E-state index contributed by atoms with van der Waals surface area (Å²) in [5.74, 6) is -1.68. The number of nitrogens with one attached hydrogen (secondary N) is 2. The van der Waals surface area contributed by atoms with Crippen LogP contribution in [0.5, 0.6) is 0 Å². The first-order valence-electron chi connectivity index (χ1n) is 10.6. The van der Waals surface area contributed by atoms with E-state index in [1.807, 2.05) is 36.4 Å². The molecule has 3 rings (SSSR count). The van der Waals surface area contributed by atoms with E-state index in [0.717, 1.165) is 22.3 Å². The number of rotatable bonds is 11. The number of alkyl carbamates (subject to hydrolysis) is 1. The Kier molecular flexibility index (Phi) is 8.39. The fraction of sp³-hybridized carbons (Fsp3) is 0.375. The Bertz CT molecular complexity index is 949. The molecular weight excluding hydrogens is 428 g/mol. The quantitative estimate of drug-likeness (QED) is 0.443. The number of amides is 2. The van der Waals surface area contributed by atoms with Gasteiger partial charge in [-0.1, -0.05) is 48.5 Å². The number of methoxy groups -OCH3 is 1. The van der Waals surface area contributed by atoms with Gasteiger partial charge in [0.05, 0.1) is 12.7 Å². The number of benzene rings is 2. The molecule has 0 aromatic heterocycles. The van der Waals surface area contributed by atoms with Crippen molar-refractivity contribution in [3.63, 3.8) is 0 Å². The lowest BCUT2D eigenvalue weighted by atomic mass is 9.98. The topological polar surface area (TPSA) is 123 Å². The van der Waals surface area contributed by atoms with Crippen molar-refractivity contribution >= 4 is 18.0 Å². The van der Waals surface area contributed by atoms with Crippen LogP contribution in [0.3, 0.4) is 0 Å². The van der Waals surface area contributed by atoms with Gasteiger partial charge in [-0.2, -0.15) is 0 Å². The second-order valence-electron chi connectivity index (χ2n) is 7.63. The minimum Gasteiger partial charge on any atom is -0.480 e. The summed E-state index contributed by atoms with van der Waals surface area (Å²) in [5, 5.41) is 13.7. The molecule has 0 saturated carbocycles. The number of carbonyl (C=O) groups is 3. The van der Waals surface area contributed by atoms with E-state index in [4.69, 9.17) is 19.3 Å². The average Bonchev–Trinajstić information content (AvgIpc) is 3.14. The maximum absolute atomic E-state index is 12.6. The van der Waals surface area contributed by atoms with Gasteiger partial charge >= 0.3 is 12.1 Å². The van der Waals surface area contributed by atoms with Crippen molar-refractivity contribution < 1.29 is 33.7 Å². The zero-order chi connectivity index (χ0) is 23.8. The van der Waals surface area contributed by atoms with E-state index in [9.17, 15) is 14.4 Å². The molecule has 0 fully saturated rings. The summed E-state index contributed by atoms with van der Waals surface area (Å²) in [7, 11) is 1.43. The molecule has 9 heteroatoms. The summed E-state index contributed by atoms with van der Waals surface area (Å²) in [6, 6.07) is 15.0. The lowest BCUT2D eigenvalue weighted by Crippen LogP contribution is -2.53. The maximum Gasteiger partial charge on any atom is 0.407 e. The first-order valence-corrected chi connectivity index (χ1v) is 10.6. The summed E-state index contributed by atoms with van der Waals surface area (Å²) in [5.41, 5.74) is 4.43. The highest BCUT2D eigenvalue weighted by Gasteiger charge is 2.31. The highest BCUT2D eigenvalue weighted by molar-refractivity contribution is 5.86. The molecule has 0 heterocycles. The van der Waals surface area contributed by atoms with Crippen LogP contribution in [0.1, 0.15) is 24.0 Å². The molecule has 0 saturated heterocycles. The third kappa shape index (κ3) is 6.09. The third-order valence-electron chi connectivity index (χ3n) is 5.51. The van der Waals surface area contributed by atoms with Crippen molar-refractivity contribution in [2.24, 2.45) is 0 Å². The van der Waals surface area contributed by atoms with Crippen molar-refractivity contribution in [2.75, 3.05) is 33.5 Å². The van der Waals surface area contributed by atoms with Gasteiger partial charge in [0.1, 0.15) is 19.3 Å². The normalized spacial score (nSPS) is 14.0. The Morgan fingerprint density at radius 1 is 1.03 bits per heavy atom. The van der Waals surface area contributed by atoms with E-state index < -0.39 is 36.7 Å². The van der Waals surface area contributed by atoms with Crippen LogP contribution in [-0.4, -0.2) is 68.7 Å². The molecule has 3 N–H and O–H groups in total. The molecule has 1 aliphatic rings. The monoisotopic (exact) mass is 456 g/mol. The van der Waals surface area contributed by atoms with Gasteiger partial charge in [0.15, 0.2) is 0 Å². The van der Waals surface area contributed by atoms with Crippen molar-refractivity contribution in [1.29, 1.82) is 0 Å². The van der Waals surface area contributed by atoms with Gasteiger partial charge in [0.25, 0.3) is 0 Å². The van der Waals surface area contributed by atoms with E-state index in [-0.39, 0.29) is 25.7 Å². The molecule has 2 atom stereocenters. The van der Waals surface area contributed by atoms with Crippen LogP contribution in [0.4, 0.5) is 4.79 Å². The SMILES string of the molecule is CO[C@H](C)[C@H](NC(=O)OCC1c2ccccc2-c2ccccc21)C(=O)NCCOCC(=O)O.